The van der Waals surface area contributed by atoms with Gasteiger partial charge in [-0.05, 0) is 44.2 Å². The van der Waals surface area contributed by atoms with Crippen molar-refractivity contribution in [1.29, 1.82) is 0 Å². The molecule has 88 valence electrons. The Hall–Kier alpha value is -1.71. The van der Waals surface area contributed by atoms with Crippen LogP contribution in [0.3, 0.4) is 0 Å². The van der Waals surface area contributed by atoms with Crippen molar-refractivity contribution in [1.82, 2.24) is 19.7 Å². The molecule has 2 heterocycles. The van der Waals surface area contributed by atoms with Gasteiger partial charge in [-0.3, -0.25) is 4.98 Å². The maximum absolute atomic E-state index is 4.50. The minimum absolute atomic E-state index is 0.352. The molecular weight excluding hydrogens is 212 g/mol. The molecule has 3 rings (SSSR count). The van der Waals surface area contributed by atoms with E-state index < -0.39 is 0 Å². The van der Waals surface area contributed by atoms with Crippen molar-refractivity contribution in [2.75, 3.05) is 0 Å². The molecule has 1 saturated carbocycles. The summed E-state index contributed by atoms with van der Waals surface area (Å²) in [4.78, 5) is 4.50. The average Bonchev–Trinajstić information content (AvgIpc) is 3.06. The standard InChI is InChI=1S/C13H16N4/c1-9(2)17-8-15-16-13(17)12-6-5-11(7-14-12)10-3-4-10/h5-10H,3-4H2,1-2H3. The Bertz CT molecular complexity index is 508. The number of rotatable bonds is 3. The molecule has 0 radical (unpaired) electrons. The second kappa shape index (κ2) is 3.95. The molecule has 0 unspecified atom stereocenters. The second-order valence-electron chi connectivity index (χ2n) is 4.91. The van der Waals surface area contributed by atoms with Crippen molar-refractivity contribution in [3.8, 4) is 11.5 Å². The molecule has 0 N–H and O–H groups in total. The van der Waals surface area contributed by atoms with Crippen molar-refractivity contribution < 1.29 is 0 Å². The highest BCUT2D eigenvalue weighted by Gasteiger charge is 2.23. The van der Waals surface area contributed by atoms with Crippen LogP contribution < -0.4 is 0 Å². The lowest BCUT2D eigenvalue weighted by Gasteiger charge is -2.09. The second-order valence-corrected chi connectivity index (χ2v) is 4.91. The first-order chi connectivity index (χ1) is 8.25. The van der Waals surface area contributed by atoms with E-state index in [0.29, 0.717) is 6.04 Å². The minimum Gasteiger partial charge on any atom is -0.310 e. The zero-order valence-corrected chi connectivity index (χ0v) is 10.2. The van der Waals surface area contributed by atoms with Crippen LogP contribution in [0.4, 0.5) is 0 Å². The van der Waals surface area contributed by atoms with E-state index in [0.717, 1.165) is 17.4 Å². The summed E-state index contributed by atoms with van der Waals surface area (Å²) in [7, 11) is 0. The molecule has 4 nitrogen and oxygen atoms in total. The molecule has 0 amide bonds. The number of pyridine rings is 1. The Labute approximate surface area is 101 Å². The zero-order chi connectivity index (χ0) is 11.8. The van der Waals surface area contributed by atoms with Crippen LogP contribution in [0.15, 0.2) is 24.7 Å². The molecule has 2 aromatic heterocycles. The van der Waals surface area contributed by atoms with Crippen LogP contribution in [0.25, 0.3) is 11.5 Å². The molecular formula is C13H16N4. The van der Waals surface area contributed by atoms with Gasteiger partial charge in [-0.25, -0.2) is 0 Å². The summed E-state index contributed by atoms with van der Waals surface area (Å²) in [5, 5.41) is 8.11. The lowest BCUT2D eigenvalue weighted by molar-refractivity contribution is 0.603. The van der Waals surface area contributed by atoms with Gasteiger partial charge in [0.15, 0.2) is 5.82 Å². The van der Waals surface area contributed by atoms with Gasteiger partial charge in [-0.1, -0.05) is 6.07 Å². The topological polar surface area (TPSA) is 43.6 Å². The van der Waals surface area contributed by atoms with Crippen LogP contribution in [0.5, 0.6) is 0 Å². The van der Waals surface area contributed by atoms with Gasteiger partial charge in [0.1, 0.15) is 12.0 Å². The van der Waals surface area contributed by atoms with Crippen molar-refractivity contribution >= 4 is 0 Å². The van der Waals surface area contributed by atoms with Gasteiger partial charge in [0.05, 0.1) is 0 Å². The first-order valence-corrected chi connectivity index (χ1v) is 6.11. The third kappa shape index (κ3) is 1.95. The molecule has 0 bridgehead atoms. The Morgan fingerprint density at radius 2 is 2.12 bits per heavy atom. The predicted octanol–water partition coefficient (Wildman–Crippen LogP) is 2.80. The van der Waals surface area contributed by atoms with Gasteiger partial charge in [-0.2, -0.15) is 0 Å². The van der Waals surface area contributed by atoms with E-state index in [1.54, 1.807) is 6.33 Å². The largest absolute Gasteiger partial charge is 0.310 e. The Balaban J connectivity index is 1.94. The molecule has 0 aromatic carbocycles. The number of aromatic nitrogens is 4. The summed E-state index contributed by atoms with van der Waals surface area (Å²) in [5.41, 5.74) is 2.25. The SMILES string of the molecule is CC(C)n1cnnc1-c1ccc(C2CC2)cn1. The molecule has 1 aliphatic rings. The molecule has 1 fully saturated rings. The van der Waals surface area contributed by atoms with E-state index in [2.05, 4.69) is 41.2 Å². The molecule has 0 spiro atoms. The van der Waals surface area contributed by atoms with Crippen molar-refractivity contribution in [3.05, 3.63) is 30.2 Å². The summed E-state index contributed by atoms with van der Waals surface area (Å²) < 4.78 is 2.04. The Morgan fingerprint density at radius 3 is 2.71 bits per heavy atom. The highest BCUT2D eigenvalue weighted by Crippen LogP contribution is 2.39. The van der Waals surface area contributed by atoms with E-state index in [1.165, 1.54) is 18.4 Å². The summed E-state index contributed by atoms with van der Waals surface area (Å²) in [5.74, 6) is 1.60. The monoisotopic (exact) mass is 228 g/mol. The van der Waals surface area contributed by atoms with E-state index in [9.17, 15) is 0 Å². The van der Waals surface area contributed by atoms with E-state index in [-0.39, 0.29) is 0 Å². The highest BCUT2D eigenvalue weighted by atomic mass is 15.3. The maximum Gasteiger partial charge on any atom is 0.182 e. The van der Waals surface area contributed by atoms with Crippen LogP contribution in [0.2, 0.25) is 0 Å². The first kappa shape index (κ1) is 10.4. The van der Waals surface area contributed by atoms with Crippen LogP contribution in [0, 0.1) is 0 Å². The molecule has 0 saturated heterocycles. The van der Waals surface area contributed by atoms with E-state index in [4.69, 9.17) is 0 Å². The fraction of sp³-hybridized carbons (Fsp3) is 0.462. The van der Waals surface area contributed by atoms with Crippen LogP contribution in [0.1, 0.15) is 44.2 Å². The maximum atomic E-state index is 4.50. The summed E-state index contributed by atoms with van der Waals surface area (Å²) in [6.07, 6.45) is 6.36. The van der Waals surface area contributed by atoms with Crippen molar-refractivity contribution in [2.45, 2.75) is 38.6 Å². The number of hydrogen-bond acceptors (Lipinski definition) is 3. The van der Waals surface area contributed by atoms with Crippen LogP contribution >= 0.6 is 0 Å². The van der Waals surface area contributed by atoms with Gasteiger partial charge in [0.25, 0.3) is 0 Å². The lowest BCUT2D eigenvalue weighted by atomic mass is 10.2. The summed E-state index contributed by atoms with van der Waals surface area (Å²) in [6, 6.07) is 4.57. The average molecular weight is 228 g/mol. The van der Waals surface area contributed by atoms with Crippen molar-refractivity contribution in [3.63, 3.8) is 0 Å². The molecule has 0 aliphatic heterocycles. The molecule has 1 aliphatic carbocycles. The van der Waals surface area contributed by atoms with Crippen molar-refractivity contribution in [2.24, 2.45) is 0 Å². The van der Waals surface area contributed by atoms with E-state index in [1.807, 2.05) is 10.8 Å². The number of nitrogens with zero attached hydrogens (tertiary/aromatic N) is 4. The smallest absolute Gasteiger partial charge is 0.182 e. The minimum atomic E-state index is 0.352. The quantitative estimate of drug-likeness (QED) is 0.811. The highest BCUT2D eigenvalue weighted by molar-refractivity contribution is 5.49. The van der Waals surface area contributed by atoms with Crippen LogP contribution in [-0.4, -0.2) is 19.7 Å². The molecule has 0 atom stereocenters. The molecule has 4 heteroatoms. The fourth-order valence-electron chi connectivity index (χ4n) is 2.00. The predicted molar refractivity (Wildman–Crippen MR) is 65.6 cm³/mol. The molecule has 17 heavy (non-hydrogen) atoms. The van der Waals surface area contributed by atoms with E-state index >= 15 is 0 Å². The third-order valence-electron chi connectivity index (χ3n) is 3.19. The summed E-state index contributed by atoms with van der Waals surface area (Å²) >= 11 is 0. The summed E-state index contributed by atoms with van der Waals surface area (Å²) in [6.45, 7) is 4.23. The Morgan fingerprint density at radius 1 is 1.29 bits per heavy atom. The van der Waals surface area contributed by atoms with Gasteiger partial charge in [0.2, 0.25) is 0 Å². The Kier molecular flexibility index (Phi) is 2.42. The van der Waals surface area contributed by atoms with Gasteiger partial charge >= 0.3 is 0 Å². The third-order valence-corrected chi connectivity index (χ3v) is 3.19. The first-order valence-electron chi connectivity index (χ1n) is 6.11. The van der Waals surface area contributed by atoms with Gasteiger partial charge in [0, 0.05) is 12.2 Å². The van der Waals surface area contributed by atoms with Gasteiger partial charge in [-0.15, -0.1) is 10.2 Å². The lowest BCUT2D eigenvalue weighted by Crippen LogP contribution is -2.02. The molecule has 2 aromatic rings. The van der Waals surface area contributed by atoms with Gasteiger partial charge < -0.3 is 4.57 Å². The van der Waals surface area contributed by atoms with Crippen LogP contribution in [-0.2, 0) is 0 Å². The zero-order valence-electron chi connectivity index (χ0n) is 10.2. The normalized spacial score (nSPS) is 15.5. The number of hydrogen-bond donors (Lipinski definition) is 0. The fourth-order valence-corrected chi connectivity index (χ4v) is 2.00.